The van der Waals surface area contributed by atoms with Crippen LogP contribution in [0.15, 0.2) is 55.8 Å². The number of pyridine rings is 1. The first-order valence-corrected chi connectivity index (χ1v) is 30.7. The minimum absolute atomic E-state index is 0.000659. The highest BCUT2D eigenvalue weighted by Crippen LogP contribution is 2.45. The molecule has 82 heavy (non-hydrogen) atoms. The van der Waals surface area contributed by atoms with E-state index in [-0.39, 0.29) is 74.5 Å². The summed E-state index contributed by atoms with van der Waals surface area (Å²) in [5, 5.41) is 20.6. The van der Waals surface area contributed by atoms with Crippen LogP contribution >= 0.6 is 11.8 Å². The van der Waals surface area contributed by atoms with Crippen molar-refractivity contribution in [3.05, 3.63) is 55.8 Å². The van der Waals surface area contributed by atoms with Gasteiger partial charge in [0.25, 0.3) is 5.91 Å². The average Bonchev–Trinajstić information content (AvgIpc) is 4.53. The molecular weight excluding hydrogens is 1100 g/mol. The minimum atomic E-state index is -3.99. The van der Waals surface area contributed by atoms with E-state index < -0.39 is 81.0 Å². The summed E-state index contributed by atoms with van der Waals surface area (Å²) in [4.78, 5) is 111. The lowest BCUT2D eigenvalue weighted by molar-refractivity contribution is -0.142. The molecule has 2 aromatic rings. The maximum absolute atomic E-state index is 14.7. The van der Waals surface area contributed by atoms with Crippen LogP contribution in [0.1, 0.15) is 83.5 Å². The lowest BCUT2D eigenvalue weighted by atomic mass is 10.0. The Bertz CT molecular complexity index is 2740. The average molecular weight is 1180 g/mol. The molecule has 5 fully saturated rings. The quantitative estimate of drug-likeness (QED) is 0.0203. The summed E-state index contributed by atoms with van der Waals surface area (Å²) in [5.74, 6) is -2.87. The van der Waals surface area contributed by atoms with Gasteiger partial charge in [0.15, 0.2) is 0 Å². The molecule has 9 amide bonds. The summed E-state index contributed by atoms with van der Waals surface area (Å²) < 4.78 is 56.3. The Labute approximate surface area is 482 Å². The number of rotatable bonds is 37. The van der Waals surface area contributed by atoms with Gasteiger partial charge in [-0.15, -0.1) is 6.58 Å². The molecule has 3 saturated heterocycles. The van der Waals surface area contributed by atoms with Crippen LogP contribution in [0.4, 0.5) is 4.79 Å². The largest absolute Gasteiger partial charge is 0.497 e. The Morgan fingerprint density at radius 3 is 2.21 bits per heavy atom. The second-order valence-electron chi connectivity index (χ2n) is 20.9. The summed E-state index contributed by atoms with van der Waals surface area (Å²) in [6, 6.07) is 4.63. The molecule has 7 rings (SSSR count). The summed E-state index contributed by atoms with van der Waals surface area (Å²) in [5.41, 5.74) is -1.66. The predicted octanol–water partition coefficient (Wildman–Crippen LogP) is 1.01. The molecule has 0 radical (unpaired) electrons. The zero-order valence-electron chi connectivity index (χ0n) is 46.4. The van der Waals surface area contributed by atoms with Crippen LogP contribution in [-0.2, 0) is 57.8 Å². The fourth-order valence-corrected chi connectivity index (χ4v) is 13.0. The smallest absolute Gasteiger partial charge is 0.315 e. The molecule has 5 aliphatic rings. The number of unbranched alkanes of at least 4 members (excludes halogenated alkanes) is 1. The van der Waals surface area contributed by atoms with Gasteiger partial charge in [-0.25, -0.2) is 18.2 Å². The lowest BCUT2D eigenvalue weighted by Crippen LogP contribution is -2.59. The van der Waals surface area contributed by atoms with Crippen LogP contribution in [0, 0.1) is 5.92 Å². The van der Waals surface area contributed by atoms with Crippen molar-refractivity contribution in [2.24, 2.45) is 5.92 Å². The fraction of sp³-hybridized carbons (Fsp3) is 0.618. The molecule has 0 spiro atoms. The highest BCUT2D eigenvalue weighted by atomic mass is 32.2. The Kier molecular flexibility index (Phi) is 23.6. The van der Waals surface area contributed by atoms with Crippen molar-refractivity contribution < 1.29 is 70.5 Å². The van der Waals surface area contributed by atoms with Gasteiger partial charge in [0.1, 0.15) is 29.5 Å². The third-order valence-electron chi connectivity index (χ3n) is 14.8. The van der Waals surface area contributed by atoms with E-state index in [4.69, 9.17) is 23.7 Å². The number of fused-ring (bicyclic) bond motifs is 2. The number of benzene rings is 1. The summed E-state index contributed by atoms with van der Waals surface area (Å²) in [7, 11) is -2.45. The van der Waals surface area contributed by atoms with Crippen LogP contribution < -0.4 is 51.4 Å². The van der Waals surface area contributed by atoms with Crippen molar-refractivity contribution in [3.63, 3.8) is 0 Å². The van der Waals surface area contributed by atoms with Crippen LogP contribution in [0.2, 0.25) is 0 Å². The predicted molar refractivity (Wildman–Crippen MR) is 303 cm³/mol. The number of hydrogen-bond donors (Lipinski definition) is 8. The van der Waals surface area contributed by atoms with E-state index in [0.29, 0.717) is 101 Å². The molecule has 2 saturated carbocycles. The van der Waals surface area contributed by atoms with Crippen LogP contribution in [0.3, 0.4) is 0 Å². The number of nitrogens with zero attached hydrogens (tertiary/aromatic N) is 2. The number of thioether (sulfide) groups is 1. The highest BCUT2D eigenvalue weighted by Gasteiger charge is 2.62. The second kappa shape index (κ2) is 30.7. The summed E-state index contributed by atoms with van der Waals surface area (Å²) in [6.07, 6.45) is 8.27. The number of ether oxygens (including phenoxy) is 5. The maximum atomic E-state index is 14.7. The van der Waals surface area contributed by atoms with E-state index in [0.717, 1.165) is 36.5 Å². The van der Waals surface area contributed by atoms with Gasteiger partial charge < -0.3 is 65.8 Å². The highest BCUT2D eigenvalue weighted by molar-refractivity contribution is 8.00. The third kappa shape index (κ3) is 18.2. The Hall–Kier alpha value is -6.55. The van der Waals surface area contributed by atoms with Crippen molar-refractivity contribution in [1.82, 2.24) is 51.8 Å². The van der Waals surface area contributed by atoms with E-state index in [1.165, 1.54) is 24.3 Å². The van der Waals surface area contributed by atoms with E-state index in [1.807, 2.05) is 11.8 Å². The van der Waals surface area contributed by atoms with Gasteiger partial charge in [-0.2, -0.15) is 11.8 Å². The van der Waals surface area contributed by atoms with E-state index >= 15 is 0 Å². The monoisotopic (exact) mass is 1180 g/mol. The molecule has 1 aromatic carbocycles. The lowest BCUT2D eigenvalue weighted by Gasteiger charge is -2.30. The van der Waals surface area contributed by atoms with Gasteiger partial charge in [0.2, 0.25) is 51.3 Å². The maximum Gasteiger partial charge on any atom is 0.315 e. The summed E-state index contributed by atoms with van der Waals surface area (Å²) in [6.45, 7) is 9.88. The Morgan fingerprint density at radius 1 is 0.866 bits per heavy atom. The van der Waals surface area contributed by atoms with Crippen LogP contribution in [0.25, 0.3) is 10.8 Å². The van der Waals surface area contributed by atoms with Gasteiger partial charge >= 0.3 is 6.03 Å². The number of carbonyl (C=O) groups is 8. The topological polar surface area (TPSA) is 329 Å². The fourth-order valence-electron chi connectivity index (χ4n) is 10.0. The third-order valence-corrected chi connectivity index (χ3v) is 18.1. The number of urea groups is 1. The number of carbonyl (C=O) groups excluding carboxylic acids is 8. The molecular formula is C55H78N10O15S2. The summed E-state index contributed by atoms with van der Waals surface area (Å²) >= 11 is 1.88. The number of amides is 9. The van der Waals surface area contributed by atoms with E-state index in [9.17, 15) is 46.8 Å². The SMILES string of the molecule is C=CC(=O)NC[C@H](NC(=O)CCCC(=O)NCCCOCCOCCOCCCNC(=O)CCCC[C@@H]1SC[C@@H]2NC(=O)N[C@@H]21)C(=O)N1C[C@H](Oc2nccc3cc(OC)ccc23)C[C@H]1C(=O)N[C@]1(C(=O)NS(=O)(=O)C2CC2)C[C@H]1C=C. The van der Waals surface area contributed by atoms with Crippen molar-refractivity contribution in [2.45, 2.75) is 130 Å². The van der Waals surface area contributed by atoms with Gasteiger partial charge in [0, 0.05) is 87.0 Å². The van der Waals surface area contributed by atoms with E-state index in [1.54, 1.807) is 24.3 Å². The van der Waals surface area contributed by atoms with Gasteiger partial charge in [-0.3, -0.25) is 38.3 Å². The number of sulfonamides is 1. The molecule has 1 aromatic heterocycles. The molecule has 3 aliphatic heterocycles. The second-order valence-corrected chi connectivity index (χ2v) is 24.1. The number of aromatic nitrogens is 1. The molecule has 0 unspecified atom stereocenters. The molecule has 25 nitrogen and oxygen atoms in total. The molecule has 8 atom stereocenters. The standard InChI is InChI=1S/C55H78N10O15S2/c1-4-36-31-55(36,53(72)64-82(74,75)39-16-17-39)63-50(70)43-30-38(80-51-40-18-15-37(76-3)29-35(40)19-22-58-51)33-65(43)52(71)41(32-59-45(66)5-2)60-48(69)14-8-13-47(68)57-21-10-24-78-26-28-79-27-25-77-23-9-20-56-46(67)12-7-6-11-44-49-42(34-81-44)61-54(73)62-49/h4-5,15,18-19,22,29,36,38-39,41-44,49H,1-2,6-14,16-17,20-21,23-28,30-34H2,3H3,(H,56,67)(H,57,68)(H,59,66)(H,60,69)(H,63,70)(H,64,72)(H2,61,62,73)/t36-,38-,41+,42+,43+,44+,49+,55-/m1/s1. The number of likely N-dealkylation sites (tertiary alicyclic amines) is 1. The number of hydrogen-bond acceptors (Lipinski definition) is 17. The molecule has 2 aliphatic carbocycles. The van der Waals surface area contributed by atoms with Gasteiger partial charge in [-0.05, 0) is 87.1 Å². The zero-order valence-corrected chi connectivity index (χ0v) is 48.0. The van der Waals surface area contributed by atoms with Gasteiger partial charge in [0.05, 0.1) is 57.4 Å². The van der Waals surface area contributed by atoms with Crippen molar-refractivity contribution in [2.75, 3.05) is 78.7 Å². The normalized spacial score (nSPS) is 22.8. The first-order valence-electron chi connectivity index (χ1n) is 28.1. The van der Waals surface area contributed by atoms with E-state index in [2.05, 4.69) is 60.1 Å². The minimum Gasteiger partial charge on any atom is -0.497 e. The first-order chi connectivity index (χ1) is 39.5. The molecule has 450 valence electrons. The van der Waals surface area contributed by atoms with Crippen molar-refractivity contribution >= 4 is 79.9 Å². The molecule has 27 heteroatoms. The molecule has 8 N–H and O–H groups in total. The Balaban J connectivity index is 0.791. The molecule has 0 bridgehead atoms. The zero-order chi connectivity index (χ0) is 58.7. The van der Waals surface area contributed by atoms with Crippen LogP contribution in [-0.4, -0.2) is 191 Å². The Morgan fingerprint density at radius 2 is 1.55 bits per heavy atom. The first kappa shape index (κ1) is 63.0. The number of methoxy groups -OCH3 is 1. The van der Waals surface area contributed by atoms with Crippen molar-refractivity contribution in [3.8, 4) is 11.6 Å². The van der Waals surface area contributed by atoms with Crippen molar-refractivity contribution in [1.29, 1.82) is 0 Å². The van der Waals surface area contributed by atoms with Gasteiger partial charge in [-0.1, -0.05) is 19.1 Å². The number of nitrogens with one attached hydrogen (secondary N) is 8. The van der Waals surface area contributed by atoms with Crippen LogP contribution in [0.5, 0.6) is 11.6 Å². The molecule has 4 heterocycles.